The second-order valence-corrected chi connectivity index (χ2v) is 7.12. The van der Waals surface area contributed by atoms with Crippen LogP contribution in [-0.2, 0) is 0 Å². The van der Waals surface area contributed by atoms with Crippen LogP contribution in [0.25, 0.3) is 0 Å². The first kappa shape index (κ1) is 17.9. The first-order valence-corrected chi connectivity index (χ1v) is 9.43. The van der Waals surface area contributed by atoms with Crippen LogP contribution in [0, 0.1) is 0 Å². The number of methoxy groups -OCH3 is 1. The summed E-state index contributed by atoms with van der Waals surface area (Å²) >= 11 is 13.0. The third-order valence-corrected chi connectivity index (χ3v) is 5.35. The molecule has 5 heteroatoms. The zero-order chi connectivity index (χ0) is 18.8. The number of anilines is 1. The van der Waals surface area contributed by atoms with Crippen molar-refractivity contribution in [3.8, 4) is 5.75 Å². The van der Waals surface area contributed by atoms with Gasteiger partial charge in [0.25, 0.3) is 0 Å². The molecule has 1 aliphatic heterocycles. The Kier molecular flexibility index (Phi) is 5.06. The number of para-hydroxylation sites is 1. The van der Waals surface area contributed by atoms with Gasteiger partial charge >= 0.3 is 0 Å². The minimum Gasteiger partial charge on any atom is -0.497 e. The zero-order valence-corrected chi connectivity index (χ0v) is 16.3. The number of benzene rings is 3. The molecule has 0 aliphatic carbocycles. The molecule has 1 heterocycles. The average Bonchev–Trinajstić information content (AvgIpc) is 3.13. The summed E-state index contributed by atoms with van der Waals surface area (Å²) in [6, 6.07) is 23.6. The first-order chi connectivity index (χ1) is 13.2. The van der Waals surface area contributed by atoms with Crippen LogP contribution in [0.2, 0.25) is 10.0 Å². The molecule has 0 aromatic heterocycles. The Morgan fingerprint density at radius 3 is 2.19 bits per heavy atom. The maximum atomic E-state index is 6.52. The molecule has 3 nitrogen and oxygen atoms in total. The van der Waals surface area contributed by atoms with Gasteiger partial charge in [0.05, 0.1) is 24.6 Å². The van der Waals surface area contributed by atoms with Gasteiger partial charge in [-0.15, -0.1) is 0 Å². The normalized spacial score (nSPS) is 16.3. The Hall–Kier alpha value is -2.49. The third kappa shape index (κ3) is 3.53. The van der Waals surface area contributed by atoms with E-state index in [-0.39, 0.29) is 6.04 Å². The number of ether oxygens (including phenoxy) is 1. The molecule has 0 saturated heterocycles. The molecule has 0 saturated carbocycles. The van der Waals surface area contributed by atoms with E-state index in [0.717, 1.165) is 28.3 Å². The molecule has 1 atom stereocenters. The van der Waals surface area contributed by atoms with Crippen molar-refractivity contribution < 1.29 is 4.74 Å². The topological polar surface area (TPSA) is 24.8 Å². The molecule has 136 valence electrons. The van der Waals surface area contributed by atoms with Crippen molar-refractivity contribution in [2.75, 3.05) is 12.1 Å². The summed E-state index contributed by atoms with van der Waals surface area (Å²) < 4.78 is 5.26. The Bertz CT molecular complexity index is 951. The third-order valence-electron chi connectivity index (χ3n) is 4.69. The monoisotopic (exact) mass is 396 g/mol. The van der Waals surface area contributed by atoms with Gasteiger partial charge in [-0.3, -0.25) is 5.01 Å². The fourth-order valence-corrected chi connectivity index (χ4v) is 3.99. The lowest BCUT2D eigenvalue weighted by Crippen LogP contribution is -2.19. The standard InChI is InChI=1S/C22H18Cl2N2O/c1-27-17-12-10-15(11-13-17)20-14-21(22-18(23)8-5-9-19(22)24)26(25-20)16-6-3-2-4-7-16/h2-13,21H,14H2,1H3/t21-/m1/s1. The van der Waals surface area contributed by atoms with Crippen LogP contribution in [0.3, 0.4) is 0 Å². The number of hydrogen-bond acceptors (Lipinski definition) is 3. The van der Waals surface area contributed by atoms with E-state index in [1.807, 2.05) is 77.8 Å². The molecular weight excluding hydrogens is 379 g/mol. The summed E-state index contributed by atoms with van der Waals surface area (Å²) in [6.45, 7) is 0. The van der Waals surface area contributed by atoms with Gasteiger partial charge < -0.3 is 4.74 Å². The second kappa shape index (κ2) is 7.63. The van der Waals surface area contributed by atoms with E-state index in [4.69, 9.17) is 33.0 Å². The highest BCUT2D eigenvalue weighted by Crippen LogP contribution is 2.42. The molecule has 4 rings (SSSR count). The van der Waals surface area contributed by atoms with E-state index < -0.39 is 0 Å². The summed E-state index contributed by atoms with van der Waals surface area (Å²) in [7, 11) is 1.66. The van der Waals surface area contributed by atoms with Crippen molar-refractivity contribution in [3.63, 3.8) is 0 Å². The molecule has 0 bridgehead atoms. The molecule has 0 spiro atoms. The molecule has 1 aliphatic rings. The van der Waals surface area contributed by atoms with Gasteiger partial charge in [-0.2, -0.15) is 5.10 Å². The van der Waals surface area contributed by atoms with Crippen LogP contribution in [0.4, 0.5) is 5.69 Å². The van der Waals surface area contributed by atoms with Crippen molar-refractivity contribution in [3.05, 3.63) is 94.0 Å². The van der Waals surface area contributed by atoms with Crippen LogP contribution >= 0.6 is 23.2 Å². The van der Waals surface area contributed by atoms with Crippen molar-refractivity contribution in [1.29, 1.82) is 0 Å². The van der Waals surface area contributed by atoms with Crippen LogP contribution in [0.5, 0.6) is 5.75 Å². The molecule has 0 unspecified atom stereocenters. The van der Waals surface area contributed by atoms with Gasteiger partial charge in [-0.1, -0.05) is 47.5 Å². The van der Waals surface area contributed by atoms with E-state index in [9.17, 15) is 0 Å². The van der Waals surface area contributed by atoms with E-state index in [1.54, 1.807) is 7.11 Å². The van der Waals surface area contributed by atoms with E-state index in [0.29, 0.717) is 16.5 Å². The van der Waals surface area contributed by atoms with Crippen LogP contribution in [0.1, 0.15) is 23.6 Å². The lowest BCUT2D eigenvalue weighted by Gasteiger charge is -2.25. The molecule has 3 aromatic rings. The molecule has 0 fully saturated rings. The van der Waals surface area contributed by atoms with Crippen LogP contribution in [-0.4, -0.2) is 12.8 Å². The van der Waals surface area contributed by atoms with E-state index >= 15 is 0 Å². The van der Waals surface area contributed by atoms with Crippen molar-refractivity contribution in [2.24, 2.45) is 5.10 Å². The quantitative estimate of drug-likeness (QED) is 0.512. The Labute approximate surface area is 168 Å². The SMILES string of the molecule is COc1ccc(C2=NN(c3ccccc3)[C@@H](c3c(Cl)cccc3Cl)C2)cc1. The highest BCUT2D eigenvalue weighted by Gasteiger charge is 2.32. The van der Waals surface area contributed by atoms with Gasteiger partial charge in [-0.05, 0) is 54.1 Å². The summed E-state index contributed by atoms with van der Waals surface area (Å²) in [5.74, 6) is 0.822. The largest absolute Gasteiger partial charge is 0.497 e. The fourth-order valence-electron chi connectivity index (χ4n) is 3.34. The summed E-state index contributed by atoms with van der Waals surface area (Å²) in [6.07, 6.45) is 0.713. The Balaban J connectivity index is 1.77. The smallest absolute Gasteiger partial charge is 0.118 e. The Morgan fingerprint density at radius 2 is 1.56 bits per heavy atom. The molecule has 0 radical (unpaired) electrons. The number of hydrogen-bond donors (Lipinski definition) is 0. The summed E-state index contributed by atoms with van der Waals surface area (Å²) in [5.41, 5.74) is 3.95. The number of rotatable bonds is 4. The van der Waals surface area contributed by atoms with E-state index in [2.05, 4.69) is 0 Å². The van der Waals surface area contributed by atoms with Crippen LogP contribution in [0.15, 0.2) is 77.9 Å². The van der Waals surface area contributed by atoms with E-state index in [1.165, 1.54) is 0 Å². The second-order valence-electron chi connectivity index (χ2n) is 6.31. The molecule has 0 amide bonds. The summed E-state index contributed by atoms with van der Waals surface area (Å²) in [5, 5.41) is 8.23. The fraction of sp³-hybridized carbons (Fsp3) is 0.136. The van der Waals surface area contributed by atoms with Crippen molar-refractivity contribution in [2.45, 2.75) is 12.5 Å². The van der Waals surface area contributed by atoms with Crippen molar-refractivity contribution in [1.82, 2.24) is 0 Å². The maximum absolute atomic E-state index is 6.52. The number of hydrazone groups is 1. The number of nitrogens with zero attached hydrogens (tertiary/aromatic N) is 2. The van der Waals surface area contributed by atoms with Gasteiger partial charge in [0.1, 0.15) is 5.75 Å². The summed E-state index contributed by atoms with van der Waals surface area (Å²) in [4.78, 5) is 0. The van der Waals surface area contributed by atoms with Gasteiger partial charge in [0, 0.05) is 22.0 Å². The van der Waals surface area contributed by atoms with Gasteiger partial charge in [-0.25, -0.2) is 0 Å². The molecular formula is C22H18Cl2N2O. The highest BCUT2D eigenvalue weighted by atomic mass is 35.5. The molecule has 27 heavy (non-hydrogen) atoms. The Morgan fingerprint density at radius 1 is 0.889 bits per heavy atom. The molecule has 0 N–H and O–H groups in total. The van der Waals surface area contributed by atoms with Gasteiger partial charge in [0.15, 0.2) is 0 Å². The average molecular weight is 397 g/mol. The zero-order valence-electron chi connectivity index (χ0n) is 14.8. The van der Waals surface area contributed by atoms with Gasteiger partial charge in [0.2, 0.25) is 0 Å². The maximum Gasteiger partial charge on any atom is 0.118 e. The first-order valence-electron chi connectivity index (χ1n) is 8.67. The van der Waals surface area contributed by atoms with Crippen molar-refractivity contribution >= 4 is 34.6 Å². The van der Waals surface area contributed by atoms with Crippen LogP contribution < -0.4 is 9.75 Å². The number of halogens is 2. The minimum absolute atomic E-state index is 0.0642. The minimum atomic E-state index is -0.0642. The predicted molar refractivity (Wildman–Crippen MR) is 112 cm³/mol. The lowest BCUT2D eigenvalue weighted by molar-refractivity contribution is 0.415. The lowest BCUT2D eigenvalue weighted by atomic mass is 9.98. The molecule has 3 aromatic carbocycles. The highest BCUT2D eigenvalue weighted by molar-refractivity contribution is 6.36. The predicted octanol–water partition coefficient (Wildman–Crippen LogP) is 6.36.